The van der Waals surface area contributed by atoms with Crippen LogP contribution in [0.15, 0.2) is 59.4 Å². The van der Waals surface area contributed by atoms with Gasteiger partial charge in [0.25, 0.3) is 5.56 Å². The second kappa shape index (κ2) is 7.77. The van der Waals surface area contributed by atoms with E-state index in [1.807, 2.05) is 0 Å². The zero-order valence-electron chi connectivity index (χ0n) is 16.3. The van der Waals surface area contributed by atoms with Gasteiger partial charge in [0, 0.05) is 6.04 Å². The number of rotatable bonds is 3. The molecule has 1 N–H and O–H groups in total. The second-order valence-corrected chi connectivity index (χ2v) is 8.48. The maximum absolute atomic E-state index is 12.5. The lowest BCUT2D eigenvalue weighted by Crippen LogP contribution is -2.39. The summed E-state index contributed by atoms with van der Waals surface area (Å²) < 4.78 is 0. The largest absolute Gasteiger partial charge is 0.306 e. The number of halogens is 1. The lowest BCUT2D eigenvalue weighted by Gasteiger charge is -2.35. The Hall–Kier alpha value is -2.43. The number of para-hydroxylation sites is 1. The summed E-state index contributed by atoms with van der Waals surface area (Å²) in [7, 11) is 0. The van der Waals surface area contributed by atoms with Crippen molar-refractivity contribution in [3.63, 3.8) is 0 Å². The van der Waals surface area contributed by atoms with Crippen molar-refractivity contribution in [2.75, 3.05) is 13.1 Å². The number of allylic oxidation sites excluding steroid dienone is 1. The molecule has 0 amide bonds. The van der Waals surface area contributed by atoms with Crippen LogP contribution in [0.4, 0.5) is 0 Å². The molecule has 1 aromatic heterocycles. The monoisotopic (exact) mass is 405 g/mol. The Morgan fingerprint density at radius 3 is 2.59 bits per heavy atom. The number of nitrogens with zero attached hydrogens (tertiary/aromatic N) is 2. The first-order chi connectivity index (χ1) is 14.2. The second-order valence-electron chi connectivity index (χ2n) is 8.07. The smallest absolute Gasteiger partial charge is 0.259 e. The van der Waals surface area contributed by atoms with Crippen LogP contribution in [0.5, 0.6) is 0 Å². The number of fused-ring (bicyclic) bond motifs is 1. The van der Waals surface area contributed by atoms with E-state index in [1.54, 1.807) is 18.2 Å². The van der Waals surface area contributed by atoms with Gasteiger partial charge >= 0.3 is 0 Å². The predicted octanol–water partition coefficient (Wildman–Crippen LogP) is 5.00. The number of aromatic nitrogens is 2. The Kier molecular flexibility index (Phi) is 4.98. The van der Waals surface area contributed by atoms with Crippen LogP contribution in [-0.2, 0) is 0 Å². The molecule has 0 radical (unpaired) electrons. The number of aromatic amines is 1. The summed E-state index contributed by atoms with van der Waals surface area (Å²) in [6.07, 6.45) is 6.70. The van der Waals surface area contributed by atoms with Crippen LogP contribution in [0, 0.1) is 0 Å². The van der Waals surface area contributed by atoms with Gasteiger partial charge in [0.1, 0.15) is 5.82 Å². The van der Waals surface area contributed by atoms with Crippen LogP contribution in [0.3, 0.4) is 0 Å². The third kappa shape index (κ3) is 3.63. The van der Waals surface area contributed by atoms with E-state index in [1.165, 1.54) is 18.4 Å². The van der Waals surface area contributed by atoms with E-state index in [9.17, 15) is 4.79 Å². The highest BCUT2D eigenvalue weighted by molar-refractivity contribution is 6.35. The topological polar surface area (TPSA) is 49.0 Å². The molecule has 29 heavy (non-hydrogen) atoms. The molecule has 1 fully saturated rings. The van der Waals surface area contributed by atoms with Gasteiger partial charge in [-0.15, -0.1) is 0 Å². The van der Waals surface area contributed by atoms with Crippen molar-refractivity contribution in [3.05, 3.63) is 81.4 Å². The van der Waals surface area contributed by atoms with E-state index < -0.39 is 0 Å². The Bertz CT molecular complexity index is 1110. The van der Waals surface area contributed by atoms with Crippen molar-refractivity contribution in [3.8, 4) is 0 Å². The summed E-state index contributed by atoms with van der Waals surface area (Å²) >= 11 is 6.28. The average Bonchev–Trinajstić information content (AvgIpc) is 3.25. The van der Waals surface area contributed by atoms with E-state index in [2.05, 4.69) is 51.3 Å². The summed E-state index contributed by atoms with van der Waals surface area (Å²) in [4.78, 5) is 22.7. The van der Waals surface area contributed by atoms with Crippen LogP contribution in [0.25, 0.3) is 16.5 Å². The standard InChI is InChI=1S/C24H24ClN3O/c25-21-8-4-7-20-22(21)26-23(27-24(20)29)18-9-10-19(15-18)28-13-11-17(12-14-28)16-5-2-1-3-6-16/h1-8,15,17,19H,9-14H2,(H,26,27,29). The van der Waals surface area contributed by atoms with E-state index in [0.29, 0.717) is 33.7 Å². The minimum absolute atomic E-state index is 0.125. The highest BCUT2D eigenvalue weighted by Crippen LogP contribution is 2.34. The molecule has 2 aliphatic rings. The molecule has 3 aromatic rings. The first-order valence-corrected chi connectivity index (χ1v) is 10.8. The zero-order chi connectivity index (χ0) is 19.8. The van der Waals surface area contributed by atoms with Crippen LogP contribution in [0.1, 0.15) is 43.0 Å². The molecule has 0 bridgehead atoms. The van der Waals surface area contributed by atoms with E-state index in [-0.39, 0.29) is 5.56 Å². The van der Waals surface area contributed by atoms with Crippen molar-refractivity contribution in [2.24, 2.45) is 0 Å². The number of piperidine rings is 1. The number of H-pyrrole nitrogens is 1. The Balaban J connectivity index is 1.33. The summed E-state index contributed by atoms with van der Waals surface area (Å²) in [6, 6.07) is 16.6. The van der Waals surface area contributed by atoms with Crippen LogP contribution in [-0.4, -0.2) is 34.0 Å². The summed E-state index contributed by atoms with van der Waals surface area (Å²) in [5.41, 5.74) is 3.05. The van der Waals surface area contributed by atoms with Gasteiger partial charge in [0.05, 0.1) is 15.9 Å². The van der Waals surface area contributed by atoms with Gasteiger partial charge < -0.3 is 4.98 Å². The van der Waals surface area contributed by atoms with Crippen LogP contribution < -0.4 is 5.56 Å². The first-order valence-electron chi connectivity index (χ1n) is 10.4. The minimum Gasteiger partial charge on any atom is -0.306 e. The van der Waals surface area contributed by atoms with Gasteiger partial charge in [-0.1, -0.05) is 54.1 Å². The molecule has 5 rings (SSSR count). The lowest BCUT2D eigenvalue weighted by atomic mass is 9.89. The Morgan fingerprint density at radius 1 is 1.00 bits per heavy atom. The normalized spacial score (nSPS) is 20.9. The third-order valence-electron chi connectivity index (χ3n) is 6.36. The molecular formula is C24H24ClN3O. The fraction of sp³-hybridized carbons (Fsp3) is 0.333. The lowest BCUT2D eigenvalue weighted by molar-refractivity contribution is 0.176. The van der Waals surface area contributed by atoms with Gasteiger partial charge in [0.2, 0.25) is 0 Å². The fourth-order valence-corrected chi connectivity index (χ4v) is 4.97. The van der Waals surface area contributed by atoms with Crippen LogP contribution in [0.2, 0.25) is 5.02 Å². The molecule has 148 valence electrons. The van der Waals surface area contributed by atoms with Gasteiger partial charge in [-0.3, -0.25) is 9.69 Å². The molecule has 5 heteroatoms. The average molecular weight is 406 g/mol. The van der Waals surface area contributed by atoms with Crippen molar-refractivity contribution in [2.45, 2.75) is 37.6 Å². The van der Waals surface area contributed by atoms with Gasteiger partial charge in [-0.2, -0.15) is 0 Å². The molecule has 1 aliphatic heterocycles. The maximum atomic E-state index is 12.5. The molecule has 1 unspecified atom stereocenters. The van der Waals surface area contributed by atoms with Gasteiger partial charge in [0.15, 0.2) is 0 Å². The fourth-order valence-electron chi connectivity index (χ4n) is 4.76. The van der Waals surface area contributed by atoms with Crippen molar-refractivity contribution in [1.82, 2.24) is 14.9 Å². The zero-order valence-corrected chi connectivity index (χ0v) is 17.0. The summed E-state index contributed by atoms with van der Waals surface area (Å²) in [5.74, 6) is 1.33. The number of benzene rings is 2. The minimum atomic E-state index is -0.125. The molecule has 4 nitrogen and oxygen atoms in total. The molecule has 2 heterocycles. The van der Waals surface area contributed by atoms with E-state index in [4.69, 9.17) is 11.6 Å². The first kappa shape index (κ1) is 18.6. The molecular weight excluding hydrogens is 382 g/mol. The molecule has 1 aliphatic carbocycles. The van der Waals surface area contributed by atoms with E-state index in [0.717, 1.165) is 31.5 Å². The van der Waals surface area contributed by atoms with Crippen molar-refractivity contribution in [1.29, 1.82) is 0 Å². The maximum Gasteiger partial charge on any atom is 0.259 e. The molecule has 1 atom stereocenters. The number of hydrogen-bond donors (Lipinski definition) is 1. The van der Waals surface area contributed by atoms with Crippen molar-refractivity contribution >= 4 is 28.1 Å². The Morgan fingerprint density at radius 2 is 1.79 bits per heavy atom. The summed E-state index contributed by atoms with van der Waals surface area (Å²) in [5, 5.41) is 1.06. The quantitative estimate of drug-likeness (QED) is 0.666. The Labute approximate surface area is 175 Å². The number of nitrogens with one attached hydrogen (secondary N) is 1. The highest BCUT2D eigenvalue weighted by Gasteiger charge is 2.28. The van der Waals surface area contributed by atoms with Gasteiger partial charge in [-0.05, 0) is 68.0 Å². The molecule has 0 spiro atoms. The van der Waals surface area contributed by atoms with E-state index >= 15 is 0 Å². The summed E-state index contributed by atoms with van der Waals surface area (Å²) in [6.45, 7) is 2.23. The van der Waals surface area contributed by atoms with Crippen molar-refractivity contribution < 1.29 is 0 Å². The number of hydrogen-bond acceptors (Lipinski definition) is 3. The highest BCUT2D eigenvalue weighted by atomic mass is 35.5. The SMILES string of the molecule is O=c1[nH]c(C2=CC(N3CCC(c4ccccc4)CC3)CC2)nc2c(Cl)cccc12. The predicted molar refractivity (Wildman–Crippen MR) is 118 cm³/mol. The number of likely N-dealkylation sites (tertiary alicyclic amines) is 1. The van der Waals surface area contributed by atoms with Gasteiger partial charge in [-0.25, -0.2) is 4.98 Å². The third-order valence-corrected chi connectivity index (χ3v) is 6.67. The molecule has 1 saturated heterocycles. The van der Waals surface area contributed by atoms with Crippen LogP contribution >= 0.6 is 11.6 Å². The molecule has 2 aromatic carbocycles. The molecule has 0 saturated carbocycles.